The number of benzene rings is 1. The predicted molar refractivity (Wildman–Crippen MR) is 100 cm³/mol. The van der Waals surface area contributed by atoms with Gasteiger partial charge in [-0.1, -0.05) is 43.7 Å². The summed E-state index contributed by atoms with van der Waals surface area (Å²) in [6.07, 6.45) is 3.42. The average Bonchev–Trinajstić information content (AvgIpc) is 3.04. The summed E-state index contributed by atoms with van der Waals surface area (Å²) in [4.78, 5) is 13.8. The standard InChI is InChI=1S/C18H26N4O.ClH/c1-3-8-16(19)18(23)22(2)12-7-11-15-13-17(21-20-15)14-9-5-4-6-10-14;/h4-6,9-10,13,16H,3,7-8,11-12,19H2,1-2H3,(H,20,21);1H. The average molecular weight is 351 g/mol. The minimum Gasteiger partial charge on any atom is -0.344 e. The smallest absolute Gasteiger partial charge is 0.239 e. The number of hydrogen-bond donors (Lipinski definition) is 2. The summed E-state index contributed by atoms with van der Waals surface area (Å²) in [5.41, 5.74) is 9.02. The molecule has 2 aromatic rings. The molecule has 2 rings (SSSR count). The first-order valence-corrected chi connectivity index (χ1v) is 8.22. The Balaban J connectivity index is 0.00000288. The Morgan fingerprint density at radius 3 is 2.71 bits per heavy atom. The Labute approximate surface area is 150 Å². The number of carbonyl (C=O) groups excluding carboxylic acids is 1. The molecule has 0 spiro atoms. The molecule has 1 aromatic carbocycles. The van der Waals surface area contributed by atoms with Crippen molar-refractivity contribution in [3.63, 3.8) is 0 Å². The van der Waals surface area contributed by atoms with Crippen molar-refractivity contribution >= 4 is 18.3 Å². The number of aromatic nitrogens is 2. The SMILES string of the molecule is CCCC(N)C(=O)N(C)CCCc1cc(-c2ccccc2)n[nH]1.Cl. The third-order valence-corrected chi connectivity index (χ3v) is 3.93. The molecule has 1 amide bonds. The molecule has 0 aliphatic rings. The van der Waals surface area contributed by atoms with Gasteiger partial charge in [0, 0.05) is 24.8 Å². The zero-order valence-electron chi connectivity index (χ0n) is 14.4. The van der Waals surface area contributed by atoms with E-state index in [0.29, 0.717) is 6.54 Å². The summed E-state index contributed by atoms with van der Waals surface area (Å²) >= 11 is 0. The van der Waals surface area contributed by atoms with Crippen molar-refractivity contribution in [2.75, 3.05) is 13.6 Å². The van der Waals surface area contributed by atoms with Gasteiger partial charge < -0.3 is 10.6 Å². The molecule has 24 heavy (non-hydrogen) atoms. The first-order chi connectivity index (χ1) is 11.1. The van der Waals surface area contributed by atoms with Gasteiger partial charge in [-0.15, -0.1) is 12.4 Å². The largest absolute Gasteiger partial charge is 0.344 e. The number of rotatable bonds is 8. The molecule has 1 heterocycles. The molecule has 0 saturated carbocycles. The van der Waals surface area contributed by atoms with Gasteiger partial charge in [-0.05, 0) is 25.3 Å². The monoisotopic (exact) mass is 350 g/mol. The topological polar surface area (TPSA) is 75.0 Å². The zero-order chi connectivity index (χ0) is 16.7. The third-order valence-electron chi connectivity index (χ3n) is 3.93. The van der Waals surface area contributed by atoms with E-state index >= 15 is 0 Å². The molecule has 0 bridgehead atoms. The summed E-state index contributed by atoms with van der Waals surface area (Å²) in [5, 5.41) is 7.42. The van der Waals surface area contributed by atoms with Crippen LogP contribution in [0.4, 0.5) is 0 Å². The Kier molecular flexibility index (Phi) is 8.50. The normalized spacial score (nSPS) is 11.6. The Morgan fingerprint density at radius 2 is 2.04 bits per heavy atom. The van der Waals surface area contributed by atoms with Crippen LogP contribution in [0.25, 0.3) is 11.3 Å². The molecular weight excluding hydrogens is 324 g/mol. The van der Waals surface area contributed by atoms with Gasteiger partial charge in [-0.3, -0.25) is 9.89 Å². The van der Waals surface area contributed by atoms with E-state index < -0.39 is 0 Å². The highest BCUT2D eigenvalue weighted by Crippen LogP contribution is 2.17. The number of halogens is 1. The number of hydrogen-bond acceptors (Lipinski definition) is 3. The minimum atomic E-state index is -0.373. The molecule has 6 heteroatoms. The van der Waals surface area contributed by atoms with Crippen LogP contribution < -0.4 is 5.73 Å². The van der Waals surface area contributed by atoms with E-state index in [0.717, 1.165) is 42.6 Å². The van der Waals surface area contributed by atoms with E-state index in [1.54, 1.807) is 4.90 Å². The van der Waals surface area contributed by atoms with Gasteiger partial charge >= 0.3 is 0 Å². The number of amides is 1. The van der Waals surface area contributed by atoms with E-state index in [1.807, 2.05) is 44.3 Å². The molecule has 132 valence electrons. The second kappa shape index (κ2) is 10.1. The van der Waals surface area contributed by atoms with E-state index in [1.165, 1.54) is 0 Å². The third kappa shape index (κ3) is 5.65. The van der Waals surface area contributed by atoms with Crippen LogP contribution in [0.1, 0.15) is 31.9 Å². The highest BCUT2D eigenvalue weighted by molar-refractivity contribution is 5.85. The van der Waals surface area contributed by atoms with Crippen molar-refractivity contribution in [2.24, 2.45) is 5.73 Å². The van der Waals surface area contributed by atoms with E-state index in [-0.39, 0.29) is 24.4 Å². The van der Waals surface area contributed by atoms with Crippen LogP contribution in [0.15, 0.2) is 36.4 Å². The first-order valence-electron chi connectivity index (χ1n) is 8.22. The number of carbonyl (C=O) groups is 1. The highest BCUT2D eigenvalue weighted by atomic mass is 35.5. The lowest BCUT2D eigenvalue weighted by Crippen LogP contribution is -2.42. The molecule has 1 atom stereocenters. The van der Waals surface area contributed by atoms with Crippen LogP contribution in [0.5, 0.6) is 0 Å². The van der Waals surface area contributed by atoms with Gasteiger partial charge in [-0.25, -0.2) is 0 Å². The molecule has 1 unspecified atom stereocenters. The molecule has 0 aliphatic carbocycles. The summed E-state index contributed by atoms with van der Waals surface area (Å²) < 4.78 is 0. The van der Waals surface area contributed by atoms with Crippen LogP contribution in [0.2, 0.25) is 0 Å². The van der Waals surface area contributed by atoms with E-state index in [4.69, 9.17) is 5.73 Å². The minimum absolute atomic E-state index is 0. The molecule has 0 radical (unpaired) electrons. The molecule has 0 saturated heterocycles. The number of nitrogens with two attached hydrogens (primary N) is 1. The second-order valence-electron chi connectivity index (χ2n) is 5.90. The van der Waals surface area contributed by atoms with Crippen molar-refractivity contribution in [3.8, 4) is 11.3 Å². The Morgan fingerprint density at radius 1 is 1.33 bits per heavy atom. The zero-order valence-corrected chi connectivity index (χ0v) is 15.2. The highest BCUT2D eigenvalue weighted by Gasteiger charge is 2.16. The lowest BCUT2D eigenvalue weighted by Gasteiger charge is -2.20. The fourth-order valence-electron chi connectivity index (χ4n) is 2.58. The molecule has 0 fully saturated rings. The maximum Gasteiger partial charge on any atom is 0.239 e. The molecular formula is C18H27ClN4O. The first kappa shape index (κ1) is 20.2. The summed E-state index contributed by atoms with van der Waals surface area (Å²) in [5.74, 6) is 0.0291. The van der Waals surface area contributed by atoms with E-state index in [9.17, 15) is 4.79 Å². The Bertz CT molecular complexity index is 614. The number of nitrogens with one attached hydrogen (secondary N) is 1. The summed E-state index contributed by atoms with van der Waals surface area (Å²) in [7, 11) is 1.82. The molecule has 0 aliphatic heterocycles. The molecule has 3 N–H and O–H groups in total. The van der Waals surface area contributed by atoms with Gasteiger partial charge in [0.2, 0.25) is 5.91 Å². The van der Waals surface area contributed by atoms with Crippen LogP contribution in [-0.2, 0) is 11.2 Å². The van der Waals surface area contributed by atoms with Crippen molar-refractivity contribution in [1.29, 1.82) is 0 Å². The van der Waals surface area contributed by atoms with Crippen molar-refractivity contribution in [2.45, 2.75) is 38.6 Å². The van der Waals surface area contributed by atoms with Gasteiger partial charge in [0.05, 0.1) is 11.7 Å². The van der Waals surface area contributed by atoms with Crippen LogP contribution in [0, 0.1) is 0 Å². The molecule has 5 nitrogen and oxygen atoms in total. The fraction of sp³-hybridized carbons (Fsp3) is 0.444. The number of nitrogens with zero attached hydrogens (tertiary/aromatic N) is 2. The van der Waals surface area contributed by atoms with Crippen LogP contribution in [-0.4, -0.2) is 40.6 Å². The van der Waals surface area contributed by atoms with Gasteiger partial charge in [-0.2, -0.15) is 5.10 Å². The van der Waals surface area contributed by atoms with Crippen molar-refractivity contribution < 1.29 is 4.79 Å². The number of H-pyrrole nitrogens is 1. The van der Waals surface area contributed by atoms with Gasteiger partial charge in [0.25, 0.3) is 0 Å². The Hall–Kier alpha value is -1.85. The maximum atomic E-state index is 12.0. The van der Waals surface area contributed by atoms with Crippen LogP contribution in [0.3, 0.4) is 0 Å². The second-order valence-corrected chi connectivity index (χ2v) is 5.90. The van der Waals surface area contributed by atoms with Crippen molar-refractivity contribution in [1.82, 2.24) is 15.1 Å². The quantitative estimate of drug-likeness (QED) is 0.768. The summed E-state index contributed by atoms with van der Waals surface area (Å²) in [6.45, 7) is 2.74. The van der Waals surface area contributed by atoms with E-state index in [2.05, 4.69) is 16.3 Å². The summed E-state index contributed by atoms with van der Waals surface area (Å²) in [6, 6.07) is 11.8. The number of likely N-dealkylation sites (N-methyl/N-ethyl adjacent to an activating group) is 1. The van der Waals surface area contributed by atoms with Gasteiger partial charge in [0.15, 0.2) is 0 Å². The van der Waals surface area contributed by atoms with Gasteiger partial charge in [0.1, 0.15) is 0 Å². The molecule has 1 aromatic heterocycles. The lowest BCUT2D eigenvalue weighted by atomic mass is 10.1. The van der Waals surface area contributed by atoms with Crippen LogP contribution >= 0.6 is 12.4 Å². The fourth-order valence-corrected chi connectivity index (χ4v) is 2.58. The van der Waals surface area contributed by atoms with Crippen molar-refractivity contribution in [3.05, 3.63) is 42.1 Å². The lowest BCUT2D eigenvalue weighted by molar-refractivity contribution is -0.131. The predicted octanol–water partition coefficient (Wildman–Crippen LogP) is 3.02. The number of aryl methyl sites for hydroxylation is 1. The number of aromatic amines is 1. The maximum absolute atomic E-state index is 12.0.